The molecule has 0 unspecified atom stereocenters. The van der Waals surface area contributed by atoms with Crippen molar-refractivity contribution in [3.8, 4) is 0 Å². The molecular formula is C23H27N3O6. The summed E-state index contributed by atoms with van der Waals surface area (Å²) < 4.78 is 6.92. The number of aromatic nitrogens is 1. The molecule has 1 amide bonds. The number of Topliss-reactive ketones (excluding diaryl/α,β-unsaturated/α-hetero) is 1. The first-order chi connectivity index (χ1) is 15.2. The van der Waals surface area contributed by atoms with Crippen molar-refractivity contribution in [3.05, 3.63) is 62.5 Å². The van der Waals surface area contributed by atoms with Gasteiger partial charge in [-0.1, -0.05) is 6.07 Å². The van der Waals surface area contributed by atoms with Crippen molar-refractivity contribution in [3.63, 3.8) is 0 Å². The Balaban J connectivity index is 1.92. The number of carbonyl (C=O) groups excluding carboxylic acids is 3. The van der Waals surface area contributed by atoms with Crippen LogP contribution in [0.2, 0.25) is 0 Å². The highest BCUT2D eigenvalue weighted by molar-refractivity contribution is 6.06. The smallest absolute Gasteiger partial charge is 0.355 e. The maximum absolute atomic E-state index is 13.3. The number of amides is 1. The lowest BCUT2D eigenvalue weighted by molar-refractivity contribution is -0.384. The van der Waals surface area contributed by atoms with E-state index in [0.29, 0.717) is 29.1 Å². The number of hydrogen-bond acceptors (Lipinski definition) is 6. The summed E-state index contributed by atoms with van der Waals surface area (Å²) in [5.74, 6) is -1.18. The summed E-state index contributed by atoms with van der Waals surface area (Å²) in [6.07, 6.45) is 1.55. The van der Waals surface area contributed by atoms with Gasteiger partial charge in [-0.15, -0.1) is 0 Å². The lowest BCUT2D eigenvalue weighted by atomic mass is 10.0. The van der Waals surface area contributed by atoms with Gasteiger partial charge in [-0.25, -0.2) is 4.79 Å². The number of nitro benzene ring substituents is 1. The molecule has 0 N–H and O–H groups in total. The third kappa shape index (κ3) is 4.42. The molecule has 1 heterocycles. The number of hydrogen-bond donors (Lipinski definition) is 0. The van der Waals surface area contributed by atoms with Crippen LogP contribution in [0, 0.1) is 24.0 Å². The molecule has 1 aromatic heterocycles. The average Bonchev–Trinajstić information content (AvgIpc) is 3.56. The number of non-ortho nitro benzene ring substituents is 1. The van der Waals surface area contributed by atoms with E-state index in [-0.39, 0.29) is 36.2 Å². The fourth-order valence-corrected chi connectivity index (χ4v) is 4.07. The van der Waals surface area contributed by atoms with Crippen molar-refractivity contribution in [2.45, 2.75) is 53.1 Å². The summed E-state index contributed by atoms with van der Waals surface area (Å²) >= 11 is 0. The van der Waals surface area contributed by atoms with E-state index in [1.165, 1.54) is 29.2 Å². The molecule has 0 saturated heterocycles. The number of esters is 1. The van der Waals surface area contributed by atoms with Crippen LogP contribution in [0.3, 0.4) is 0 Å². The predicted molar refractivity (Wildman–Crippen MR) is 117 cm³/mol. The van der Waals surface area contributed by atoms with Crippen LogP contribution in [0.1, 0.15) is 69.2 Å². The summed E-state index contributed by atoms with van der Waals surface area (Å²) in [6.45, 7) is 7.64. The van der Waals surface area contributed by atoms with Crippen LogP contribution in [0.5, 0.6) is 0 Å². The third-order valence-electron chi connectivity index (χ3n) is 5.70. The molecule has 2 aromatic rings. The zero-order chi connectivity index (χ0) is 23.6. The number of carbonyl (C=O) groups is 3. The lowest BCUT2D eigenvalue weighted by Crippen LogP contribution is -2.37. The summed E-state index contributed by atoms with van der Waals surface area (Å²) in [5.41, 5.74) is 1.93. The normalized spacial score (nSPS) is 13.0. The Morgan fingerprint density at radius 3 is 2.47 bits per heavy atom. The Morgan fingerprint density at radius 2 is 1.91 bits per heavy atom. The number of ketones is 1. The molecule has 0 atom stereocenters. The molecule has 1 aliphatic rings. The summed E-state index contributed by atoms with van der Waals surface area (Å²) in [7, 11) is 0. The van der Waals surface area contributed by atoms with E-state index in [4.69, 9.17) is 4.74 Å². The largest absolute Gasteiger partial charge is 0.461 e. The Kier molecular flexibility index (Phi) is 6.76. The van der Waals surface area contributed by atoms with Crippen LogP contribution >= 0.6 is 0 Å². The third-order valence-corrected chi connectivity index (χ3v) is 5.70. The van der Waals surface area contributed by atoms with Crippen molar-refractivity contribution in [2.75, 3.05) is 13.2 Å². The second kappa shape index (κ2) is 9.33. The molecule has 1 aromatic carbocycles. The van der Waals surface area contributed by atoms with Gasteiger partial charge in [-0.2, -0.15) is 0 Å². The highest BCUT2D eigenvalue weighted by Crippen LogP contribution is 2.30. The van der Waals surface area contributed by atoms with E-state index in [1.807, 2.05) is 6.92 Å². The van der Waals surface area contributed by atoms with Gasteiger partial charge in [0.25, 0.3) is 11.6 Å². The number of rotatable bonds is 9. The molecule has 0 bridgehead atoms. The summed E-state index contributed by atoms with van der Waals surface area (Å²) in [4.78, 5) is 51.0. The van der Waals surface area contributed by atoms with Gasteiger partial charge in [-0.05, 0) is 52.2 Å². The van der Waals surface area contributed by atoms with Crippen LogP contribution in [0.4, 0.5) is 5.69 Å². The first kappa shape index (κ1) is 23.2. The van der Waals surface area contributed by atoms with Gasteiger partial charge in [0.15, 0.2) is 5.78 Å². The molecule has 170 valence electrons. The van der Waals surface area contributed by atoms with Crippen molar-refractivity contribution in [2.24, 2.45) is 0 Å². The van der Waals surface area contributed by atoms with Crippen molar-refractivity contribution in [1.29, 1.82) is 0 Å². The van der Waals surface area contributed by atoms with Gasteiger partial charge in [0.1, 0.15) is 5.69 Å². The molecular weight excluding hydrogens is 414 g/mol. The van der Waals surface area contributed by atoms with Gasteiger partial charge in [0.05, 0.1) is 18.1 Å². The van der Waals surface area contributed by atoms with Crippen LogP contribution < -0.4 is 0 Å². The minimum atomic E-state index is -0.555. The van der Waals surface area contributed by atoms with E-state index in [9.17, 15) is 24.5 Å². The maximum atomic E-state index is 13.3. The zero-order valence-corrected chi connectivity index (χ0v) is 18.7. The van der Waals surface area contributed by atoms with Gasteiger partial charge in [0.2, 0.25) is 0 Å². The average molecular weight is 441 g/mol. The fourth-order valence-electron chi connectivity index (χ4n) is 4.07. The number of nitrogens with zero attached hydrogens (tertiary/aromatic N) is 3. The van der Waals surface area contributed by atoms with E-state index < -0.39 is 16.8 Å². The SMILES string of the molecule is CCOC(=O)c1c(C)c(C(=O)CN(C(=O)c2cccc([N+](=O)[O-])c2)C2CC2)c(C)n1CC. The summed E-state index contributed by atoms with van der Waals surface area (Å²) in [6, 6.07) is 5.44. The van der Waals surface area contributed by atoms with E-state index in [2.05, 4.69) is 0 Å². The second-order valence-corrected chi connectivity index (χ2v) is 7.79. The second-order valence-electron chi connectivity index (χ2n) is 7.79. The molecule has 0 spiro atoms. The standard InChI is InChI=1S/C23H27N3O6/c1-5-24-15(4)20(14(3)21(24)23(29)32-6-2)19(27)13-25(17-10-11-17)22(28)16-8-7-9-18(12-16)26(30)31/h7-9,12,17H,5-6,10-11,13H2,1-4H3. The highest BCUT2D eigenvalue weighted by Gasteiger charge is 2.36. The monoisotopic (exact) mass is 441 g/mol. The Bertz CT molecular complexity index is 1080. The quantitative estimate of drug-likeness (QED) is 0.254. The highest BCUT2D eigenvalue weighted by atomic mass is 16.6. The van der Waals surface area contributed by atoms with E-state index in [0.717, 1.165) is 12.8 Å². The Morgan fingerprint density at radius 1 is 1.22 bits per heavy atom. The molecule has 9 heteroatoms. The predicted octanol–water partition coefficient (Wildman–Crippen LogP) is 3.70. The molecule has 1 aliphatic carbocycles. The summed E-state index contributed by atoms with van der Waals surface area (Å²) in [5, 5.41) is 11.1. The van der Waals surface area contributed by atoms with Gasteiger partial charge in [-0.3, -0.25) is 19.7 Å². The van der Waals surface area contributed by atoms with Crippen LogP contribution in [-0.2, 0) is 11.3 Å². The molecule has 32 heavy (non-hydrogen) atoms. The van der Waals surface area contributed by atoms with Crippen LogP contribution in [0.25, 0.3) is 0 Å². The van der Waals surface area contributed by atoms with Crippen molar-refractivity contribution in [1.82, 2.24) is 9.47 Å². The van der Waals surface area contributed by atoms with Gasteiger partial charge < -0.3 is 14.2 Å². The van der Waals surface area contributed by atoms with Crippen molar-refractivity contribution < 1.29 is 24.0 Å². The van der Waals surface area contributed by atoms with Crippen molar-refractivity contribution >= 4 is 23.3 Å². The number of nitro groups is 1. The molecule has 0 aliphatic heterocycles. The molecule has 1 fully saturated rings. The molecule has 0 radical (unpaired) electrons. The topological polar surface area (TPSA) is 112 Å². The first-order valence-electron chi connectivity index (χ1n) is 10.7. The maximum Gasteiger partial charge on any atom is 0.355 e. The molecule has 3 rings (SSSR count). The Labute approximate surface area is 186 Å². The van der Waals surface area contributed by atoms with Crippen LogP contribution in [-0.4, -0.2) is 51.2 Å². The van der Waals surface area contributed by atoms with Crippen LogP contribution in [0.15, 0.2) is 24.3 Å². The number of ether oxygens (including phenoxy) is 1. The minimum absolute atomic E-state index is 0.0795. The molecule has 1 saturated carbocycles. The molecule has 9 nitrogen and oxygen atoms in total. The number of benzene rings is 1. The van der Waals surface area contributed by atoms with E-state index in [1.54, 1.807) is 25.3 Å². The lowest BCUT2D eigenvalue weighted by Gasteiger charge is -2.22. The fraction of sp³-hybridized carbons (Fsp3) is 0.435. The zero-order valence-electron chi connectivity index (χ0n) is 18.7. The Hall–Kier alpha value is -3.49. The minimum Gasteiger partial charge on any atom is -0.461 e. The first-order valence-corrected chi connectivity index (χ1v) is 10.7. The van der Waals surface area contributed by atoms with E-state index >= 15 is 0 Å². The van der Waals surface area contributed by atoms with Gasteiger partial charge >= 0.3 is 5.97 Å². The van der Waals surface area contributed by atoms with Gasteiger partial charge in [0, 0.05) is 41.5 Å².